The standard InChI is InChI=1S/C45H26N2O3/c1-2-9-28(10-3-1)45-46-37-22-21-33-34(44(37)50-45)20-17-27-11-8-14-38(43(27)33)47(29-18-23-41-35(25-29)31-12-4-6-15-39(31)48-41)30-19-24-42-36(26-30)32-13-5-7-16-40(32)49-42/h1-26H. The molecule has 0 bridgehead atoms. The van der Waals surface area contributed by atoms with Gasteiger partial charge in [0.1, 0.15) is 27.8 Å². The predicted octanol–water partition coefficient (Wildman–Crippen LogP) is 13.1. The second-order valence-corrected chi connectivity index (χ2v) is 12.7. The Morgan fingerprint density at radius 2 is 1.04 bits per heavy atom. The van der Waals surface area contributed by atoms with Crippen molar-refractivity contribution in [2.45, 2.75) is 0 Å². The second kappa shape index (κ2) is 10.3. The second-order valence-electron chi connectivity index (χ2n) is 12.7. The van der Waals surface area contributed by atoms with E-state index in [4.69, 9.17) is 18.2 Å². The van der Waals surface area contributed by atoms with Crippen LogP contribution in [-0.4, -0.2) is 4.98 Å². The van der Waals surface area contributed by atoms with Gasteiger partial charge in [-0.15, -0.1) is 0 Å². The number of nitrogens with zero attached hydrogens (tertiary/aromatic N) is 2. The van der Waals surface area contributed by atoms with Crippen molar-refractivity contribution in [1.29, 1.82) is 0 Å². The summed E-state index contributed by atoms with van der Waals surface area (Å²) in [5.41, 5.74) is 9.12. The first-order chi connectivity index (χ1) is 24.8. The van der Waals surface area contributed by atoms with E-state index in [1.807, 2.05) is 54.6 Å². The Hall–Kier alpha value is -6.85. The molecule has 0 spiro atoms. The smallest absolute Gasteiger partial charge is 0.227 e. The van der Waals surface area contributed by atoms with Crippen molar-refractivity contribution in [3.8, 4) is 11.5 Å². The molecule has 0 unspecified atom stereocenters. The molecule has 5 nitrogen and oxygen atoms in total. The minimum absolute atomic E-state index is 0.615. The van der Waals surface area contributed by atoms with Gasteiger partial charge in [0.15, 0.2) is 5.58 Å². The van der Waals surface area contributed by atoms with Crippen LogP contribution in [0.3, 0.4) is 0 Å². The first-order valence-corrected chi connectivity index (χ1v) is 16.7. The fraction of sp³-hybridized carbons (Fsp3) is 0. The zero-order valence-corrected chi connectivity index (χ0v) is 26.6. The lowest BCUT2D eigenvalue weighted by molar-refractivity contribution is 0.623. The number of furan rings is 2. The lowest BCUT2D eigenvalue weighted by atomic mass is 9.98. The fourth-order valence-corrected chi connectivity index (χ4v) is 7.58. The Bertz CT molecular complexity index is 3000. The highest BCUT2D eigenvalue weighted by Crippen LogP contribution is 2.45. The Kier molecular flexibility index (Phi) is 5.60. The van der Waals surface area contributed by atoms with E-state index in [2.05, 4.69) is 108 Å². The van der Waals surface area contributed by atoms with E-state index < -0.39 is 0 Å². The van der Waals surface area contributed by atoms with Crippen LogP contribution in [0.15, 0.2) is 171 Å². The van der Waals surface area contributed by atoms with Gasteiger partial charge in [-0.1, -0.05) is 78.9 Å². The number of rotatable bonds is 4. The maximum atomic E-state index is 6.50. The molecule has 0 aliphatic heterocycles. The van der Waals surface area contributed by atoms with Crippen LogP contribution in [0.4, 0.5) is 17.1 Å². The molecule has 11 rings (SSSR count). The average Bonchev–Trinajstić information content (AvgIpc) is 3.88. The van der Waals surface area contributed by atoms with Crippen LogP contribution in [0, 0.1) is 0 Å². The highest BCUT2D eigenvalue weighted by Gasteiger charge is 2.21. The molecule has 0 radical (unpaired) electrons. The van der Waals surface area contributed by atoms with Crippen molar-refractivity contribution < 1.29 is 13.3 Å². The van der Waals surface area contributed by atoms with E-state index in [9.17, 15) is 0 Å². The number of hydrogen-bond acceptors (Lipinski definition) is 5. The summed E-state index contributed by atoms with van der Waals surface area (Å²) in [7, 11) is 0. The van der Waals surface area contributed by atoms with Gasteiger partial charge >= 0.3 is 0 Å². The van der Waals surface area contributed by atoms with Crippen molar-refractivity contribution in [3.63, 3.8) is 0 Å². The van der Waals surface area contributed by atoms with Crippen molar-refractivity contribution in [2.75, 3.05) is 4.90 Å². The van der Waals surface area contributed by atoms with Gasteiger partial charge in [0, 0.05) is 49.3 Å². The van der Waals surface area contributed by atoms with Crippen LogP contribution in [-0.2, 0) is 0 Å². The molecular formula is C45H26N2O3. The quantitative estimate of drug-likeness (QED) is 0.179. The summed E-state index contributed by atoms with van der Waals surface area (Å²) in [6, 6.07) is 54.5. The number of para-hydroxylation sites is 2. The molecule has 0 amide bonds. The molecule has 0 saturated carbocycles. The molecule has 3 aromatic heterocycles. The van der Waals surface area contributed by atoms with Gasteiger partial charge in [0.25, 0.3) is 0 Å². The van der Waals surface area contributed by atoms with E-state index in [0.717, 1.165) is 99.1 Å². The number of fused-ring (bicyclic) bond motifs is 11. The third-order valence-electron chi connectivity index (χ3n) is 9.87. The maximum Gasteiger partial charge on any atom is 0.227 e. The van der Waals surface area contributed by atoms with Crippen LogP contribution in [0.1, 0.15) is 0 Å². The molecule has 0 aliphatic rings. The Labute approximate surface area is 285 Å². The van der Waals surface area contributed by atoms with Gasteiger partial charge < -0.3 is 18.2 Å². The summed E-state index contributed by atoms with van der Waals surface area (Å²) in [5, 5.41) is 8.68. The minimum Gasteiger partial charge on any atom is -0.456 e. The molecule has 0 N–H and O–H groups in total. The molecule has 50 heavy (non-hydrogen) atoms. The predicted molar refractivity (Wildman–Crippen MR) is 204 cm³/mol. The molecular weight excluding hydrogens is 617 g/mol. The van der Waals surface area contributed by atoms with Crippen LogP contribution in [0.5, 0.6) is 0 Å². The normalized spacial score (nSPS) is 12.0. The number of hydrogen-bond donors (Lipinski definition) is 0. The van der Waals surface area contributed by atoms with Crippen molar-refractivity contribution >= 4 is 93.6 Å². The molecule has 234 valence electrons. The van der Waals surface area contributed by atoms with E-state index in [1.165, 1.54) is 0 Å². The van der Waals surface area contributed by atoms with Crippen LogP contribution < -0.4 is 4.90 Å². The van der Waals surface area contributed by atoms with Crippen molar-refractivity contribution in [3.05, 3.63) is 158 Å². The highest BCUT2D eigenvalue weighted by atomic mass is 16.3. The highest BCUT2D eigenvalue weighted by molar-refractivity contribution is 6.20. The number of anilines is 3. The van der Waals surface area contributed by atoms with Gasteiger partial charge in [-0.25, -0.2) is 4.98 Å². The topological polar surface area (TPSA) is 55.6 Å². The zero-order chi connectivity index (χ0) is 32.8. The van der Waals surface area contributed by atoms with Crippen LogP contribution in [0.2, 0.25) is 0 Å². The zero-order valence-electron chi connectivity index (χ0n) is 26.6. The fourth-order valence-electron chi connectivity index (χ4n) is 7.58. The van der Waals surface area contributed by atoms with Gasteiger partial charge in [0.05, 0.1) is 5.69 Å². The average molecular weight is 643 g/mol. The number of oxazole rings is 1. The monoisotopic (exact) mass is 642 g/mol. The maximum absolute atomic E-state index is 6.50. The lowest BCUT2D eigenvalue weighted by Crippen LogP contribution is -2.10. The van der Waals surface area contributed by atoms with E-state index >= 15 is 0 Å². The molecule has 5 heteroatoms. The first-order valence-electron chi connectivity index (χ1n) is 16.7. The third kappa shape index (κ3) is 3.98. The Balaban J connectivity index is 1.20. The van der Waals surface area contributed by atoms with Crippen LogP contribution in [0.25, 0.3) is 88.0 Å². The van der Waals surface area contributed by atoms with Crippen molar-refractivity contribution in [1.82, 2.24) is 4.98 Å². The van der Waals surface area contributed by atoms with Gasteiger partial charge in [-0.3, -0.25) is 0 Å². The molecule has 0 fully saturated rings. The summed E-state index contributed by atoms with van der Waals surface area (Å²) in [5.74, 6) is 0.615. The SMILES string of the molecule is c1ccc(-c2nc3ccc4c(ccc5cccc(N(c6ccc7oc8ccccc8c7c6)c6ccc7oc8ccccc8c7c6)c54)c3o2)cc1. The molecule has 0 aliphatic carbocycles. The van der Waals surface area contributed by atoms with E-state index in [0.29, 0.717) is 5.89 Å². The summed E-state index contributed by atoms with van der Waals surface area (Å²) in [6.07, 6.45) is 0. The largest absolute Gasteiger partial charge is 0.456 e. The summed E-state index contributed by atoms with van der Waals surface area (Å²) in [4.78, 5) is 7.22. The third-order valence-corrected chi connectivity index (χ3v) is 9.87. The van der Waals surface area contributed by atoms with Gasteiger partial charge in [-0.05, 0) is 89.6 Å². The van der Waals surface area contributed by atoms with Gasteiger partial charge in [-0.2, -0.15) is 0 Å². The Morgan fingerprint density at radius 1 is 0.420 bits per heavy atom. The molecule has 0 atom stereocenters. The minimum atomic E-state index is 0.615. The summed E-state index contributed by atoms with van der Waals surface area (Å²) in [6.45, 7) is 0. The first kappa shape index (κ1) is 27.1. The van der Waals surface area contributed by atoms with E-state index in [-0.39, 0.29) is 0 Å². The molecule has 3 heterocycles. The van der Waals surface area contributed by atoms with E-state index in [1.54, 1.807) is 0 Å². The van der Waals surface area contributed by atoms with Crippen molar-refractivity contribution in [2.24, 2.45) is 0 Å². The number of benzene rings is 8. The summed E-state index contributed by atoms with van der Waals surface area (Å²) < 4.78 is 19.0. The van der Waals surface area contributed by atoms with Crippen LogP contribution >= 0.6 is 0 Å². The summed E-state index contributed by atoms with van der Waals surface area (Å²) >= 11 is 0. The number of aromatic nitrogens is 1. The molecule has 8 aromatic carbocycles. The molecule has 0 saturated heterocycles. The Morgan fingerprint density at radius 3 is 1.74 bits per heavy atom. The lowest BCUT2D eigenvalue weighted by Gasteiger charge is -2.27. The molecule has 11 aromatic rings. The van der Waals surface area contributed by atoms with Gasteiger partial charge in [0.2, 0.25) is 5.89 Å².